The van der Waals surface area contributed by atoms with Crippen LogP contribution in [0.4, 0.5) is 0 Å². The Morgan fingerprint density at radius 1 is 1.40 bits per heavy atom. The maximum atomic E-state index is 12.5. The molecule has 1 aromatic rings. The fraction of sp³-hybridized carbons (Fsp3) is 0.429. The van der Waals surface area contributed by atoms with Crippen molar-refractivity contribution in [2.75, 3.05) is 13.7 Å². The van der Waals surface area contributed by atoms with E-state index in [9.17, 15) is 14.7 Å². The summed E-state index contributed by atoms with van der Waals surface area (Å²) in [4.78, 5) is 25.7. The number of ether oxygens (including phenoxy) is 1. The fourth-order valence-corrected chi connectivity index (χ4v) is 2.54. The Balaban J connectivity index is 2.25. The van der Waals surface area contributed by atoms with Gasteiger partial charge in [0.25, 0.3) is 5.91 Å². The van der Waals surface area contributed by atoms with Gasteiger partial charge in [0.1, 0.15) is 11.8 Å². The molecule has 0 bridgehead atoms. The van der Waals surface area contributed by atoms with Gasteiger partial charge in [0.15, 0.2) is 0 Å². The Morgan fingerprint density at radius 2 is 2.15 bits per heavy atom. The summed E-state index contributed by atoms with van der Waals surface area (Å²) in [5.41, 5.74) is 0.351. The van der Waals surface area contributed by atoms with Gasteiger partial charge in [-0.15, -0.1) is 0 Å². The van der Waals surface area contributed by atoms with E-state index in [0.717, 1.165) is 12.8 Å². The highest BCUT2D eigenvalue weighted by atomic mass is 35.5. The Bertz CT molecular complexity index is 532. The van der Waals surface area contributed by atoms with Crippen molar-refractivity contribution in [2.24, 2.45) is 0 Å². The zero-order valence-electron chi connectivity index (χ0n) is 11.1. The predicted octanol–water partition coefficient (Wildman–Crippen LogP) is 2.21. The van der Waals surface area contributed by atoms with Crippen LogP contribution < -0.4 is 0 Å². The summed E-state index contributed by atoms with van der Waals surface area (Å²) in [6.07, 6.45) is 2.34. The topological polar surface area (TPSA) is 66.8 Å². The van der Waals surface area contributed by atoms with E-state index in [4.69, 9.17) is 16.3 Å². The minimum absolute atomic E-state index is 0.0774. The van der Waals surface area contributed by atoms with E-state index < -0.39 is 12.0 Å². The lowest BCUT2D eigenvalue weighted by molar-refractivity contribution is -0.147. The number of aromatic hydroxyl groups is 1. The molecule has 1 aromatic carbocycles. The molecule has 6 heteroatoms. The third-order valence-electron chi connectivity index (χ3n) is 3.43. The van der Waals surface area contributed by atoms with Gasteiger partial charge in [-0.2, -0.15) is 0 Å². The van der Waals surface area contributed by atoms with Crippen LogP contribution in [0.2, 0.25) is 5.02 Å². The van der Waals surface area contributed by atoms with Crippen molar-refractivity contribution < 1.29 is 19.4 Å². The molecule has 1 aliphatic heterocycles. The Labute approximate surface area is 122 Å². The zero-order valence-corrected chi connectivity index (χ0v) is 11.9. The van der Waals surface area contributed by atoms with Crippen LogP contribution in [-0.2, 0) is 9.53 Å². The lowest BCUT2D eigenvalue weighted by Crippen LogP contribution is -2.48. The first-order valence-electron chi connectivity index (χ1n) is 6.42. The van der Waals surface area contributed by atoms with Gasteiger partial charge >= 0.3 is 5.97 Å². The lowest BCUT2D eigenvalue weighted by atomic mass is 10.0. The van der Waals surface area contributed by atoms with E-state index in [1.165, 1.54) is 30.2 Å². The van der Waals surface area contributed by atoms with Crippen molar-refractivity contribution in [1.29, 1.82) is 0 Å². The number of likely N-dealkylation sites (tertiary alicyclic amines) is 1. The second-order valence-electron chi connectivity index (χ2n) is 4.70. The molecule has 1 heterocycles. The molecule has 1 atom stereocenters. The highest BCUT2D eigenvalue weighted by molar-refractivity contribution is 6.32. The number of amides is 1. The van der Waals surface area contributed by atoms with Crippen molar-refractivity contribution in [3.05, 3.63) is 28.8 Å². The molecule has 1 aliphatic rings. The van der Waals surface area contributed by atoms with E-state index >= 15 is 0 Å². The third-order valence-corrected chi connectivity index (χ3v) is 3.73. The Kier molecular flexibility index (Phi) is 4.49. The van der Waals surface area contributed by atoms with Crippen molar-refractivity contribution >= 4 is 23.5 Å². The van der Waals surface area contributed by atoms with Crippen LogP contribution >= 0.6 is 11.6 Å². The molecule has 0 spiro atoms. The minimum atomic E-state index is -0.547. The summed E-state index contributed by atoms with van der Waals surface area (Å²) in [6.45, 7) is 0.511. The largest absolute Gasteiger partial charge is 0.506 e. The van der Waals surface area contributed by atoms with Crippen LogP contribution in [0.1, 0.15) is 29.6 Å². The average Bonchev–Trinajstić information content (AvgIpc) is 2.48. The molecule has 108 valence electrons. The van der Waals surface area contributed by atoms with Crippen LogP contribution in [0, 0.1) is 0 Å². The summed E-state index contributed by atoms with van der Waals surface area (Å²) in [5.74, 6) is -0.753. The Morgan fingerprint density at radius 3 is 2.80 bits per heavy atom. The number of hydrogen-bond donors (Lipinski definition) is 1. The number of hydrogen-bond acceptors (Lipinski definition) is 4. The summed E-state index contributed by atoms with van der Waals surface area (Å²) in [6, 6.07) is 3.72. The first-order valence-corrected chi connectivity index (χ1v) is 6.79. The maximum absolute atomic E-state index is 12.5. The van der Waals surface area contributed by atoms with Gasteiger partial charge in [-0.25, -0.2) is 4.79 Å². The fourth-order valence-electron chi connectivity index (χ4n) is 2.36. The molecule has 2 rings (SSSR count). The maximum Gasteiger partial charge on any atom is 0.328 e. The molecular formula is C14H16ClNO4. The van der Waals surface area contributed by atoms with E-state index in [2.05, 4.69) is 0 Å². The molecule has 0 radical (unpaired) electrons. The normalized spacial score (nSPS) is 18.7. The number of benzene rings is 1. The number of carbonyl (C=O) groups excluding carboxylic acids is 2. The van der Waals surface area contributed by atoms with Crippen LogP contribution in [0.3, 0.4) is 0 Å². The summed E-state index contributed by atoms with van der Waals surface area (Å²) < 4.78 is 4.75. The monoisotopic (exact) mass is 297 g/mol. The van der Waals surface area contributed by atoms with Gasteiger partial charge in [-0.05, 0) is 37.5 Å². The third kappa shape index (κ3) is 2.88. The van der Waals surface area contributed by atoms with Crippen molar-refractivity contribution in [2.45, 2.75) is 25.3 Å². The highest BCUT2D eigenvalue weighted by Crippen LogP contribution is 2.26. The Hall–Kier alpha value is -1.75. The quantitative estimate of drug-likeness (QED) is 0.850. The molecular weight excluding hydrogens is 282 g/mol. The summed E-state index contributed by atoms with van der Waals surface area (Å²) in [7, 11) is 1.32. The number of esters is 1. The number of methoxy groups -OCH3 is 1. The molecule has 5 nitrogen and oxygen atoms in total. The first-order chi connectivity index (χ1) is 9.54. The second kappa shape index (κ2) is 6.13. The van der Waals surface area contributed by atoms with Crippen LogP contribution in [0.25, 0.3) is 0 Å². The minimum Gasteiger partial charge on any atom is -0.506 e. The molecule has 0 aromatic heterocycles. The molecule has 1 fully saturated rings. The zero-order chi connectivity index (χ0) is 14.7. The van der Waals surface area contributed by atoms with Gasteiger partial charge in [-0.1, -0.05) is 11.6 Å². The number of rotatable bonds is 2. The van der Waals surface area contributed by atoms with Gasteiger partial charge in [-0.3, -0.25) is 4.79 Å². The summed E-state index contributed by atoms with van der Waals surface area (Å²) in [5, 5.41) is 9.50. The second-order valence-corrected chi connectivity index (χ2v) is 5.11. The molecule has 1 amide bonds. The van der Waals surface area contributed by atoms with Crippen LogP contribution in [-0.4, -0.2) is 41.6 Å². The summed E-state index contributed by atoms with van der Waals surface area (Å²) >= 11 is 5.81. The number of phenolic OH excluding ortho intramolecular Hbond substituents is 1. The molecule has 0 aliphatic carbocycles. The van der Waals surface area contributed by atoms with Gasteiger partial charge in [0, 0.05) is 12.1 Å². The van der Waals surface area contributed by atoms with E-state index in [1.54, 1.807) is 0 Å². The van der Waals surface area contributed by atoms with Gasteiger partial charge < -0.3 is 14.7 Å². The number of piperidine rings is 1. The predicted molar refractivity (Wildman–Crippen MR) is 73.8 cm³/mol. The van der Waals surface area contributed by atoms with Gasteiger partial charge in [0.2, 0.25) is 0 Å². The first kappa shape index (κ1) is 14.7. The van der Waals surface area contributed by atoms with Crippen molar-refractivity contribution in [1.82, 2.24) is 4.90 Å². The average molecular weight is 298 g/mol. The number of nitrogens with zero attached hydrogens (tertiary/aromatic N) is 1. The number of carbonyl (C=O) groups is 2. The smallest absolute Gasteiger partial charge is 0.328 e. The molecule has 0 unspecified atom stereocenters. The number of phenols is 1. The molecule has 1 saturated heterocycles. The molecule has 0 saturated carbocycles. The van der Waals surface area contributed by atoms with Crippen LogP contribution in [0.15, 0.2) is 18.2 Å². The SMILES string of the molecule is COC(=O)[C@H]1CCCCN1C(=O)c1ccc(O)c(Cl)c1. The van der Waals surface area contributed by atoms with Gasteiger partial charge in [0.05, 0.1) is 12.1 Å². The van der Waals surface area contributed by atoms with E-state index in [-0.39, 0.29) is 16.7 Å². The van der Waals surface area contributed by atoms with Crippen LogP contribution in [0.5, 0.6) is 5.75 Å². The molecule has 1 N–H and O–H groups in total. The van der Waals surface area contributed by atoms with E-state index in [1.807, 2.05) is 0 Å². The molecule has 20 heavy (non-hydrogen) atoms. The number of halogens is 1. The standard InChI is InChI=1S/C14H16ClNO4/c1-20-14(19)11-4-2-3-7-16(11)13(18)9-5-6-12(17)10(15)8-9/h5-6,8,11,17H,2-4,7H2,1H3/t11-/m1/s1. The van der Waals surface area contributed by atoms with Crippen molar-refractivity contribution in [3.8, 4) is 5.75 Å². The highest BCUT2D eigenvalue weighted by Gasteiger charge is 2.33. The lowest BCUT2D eigenvalue weighted by Gasteiger charge is -2.33. The van der Waals surface area contributed by atoms with Crippen molar-refractivity contribution in [3.63, 3.8) is 0 Å². The van der Waals surface area contributed by atoms with E-state index in [0.29, 0.717) is 18.5 Å².